The number of hydrogen-bond donors (Lipinski definition) is 1. The molecule has 2 aliphatic heterocycles. The van der Waals surface area contributed by atoms with Gasteiger partial charge in [-0.3, -0.25) is 4.79 Å². The lowest BCUT2D eigenvalue weighted by molar-refractivity contribution is -0.116. The summed E-state index contributed by atoms with van der Waals surface area (Å²) in [6.07, 6.45) is 4.54. The van der Waals surface area contributed by atoms with E-state index in [9.17, 15) is 21.6 Å². The highest BCUT2D eigenvalue weighted by atomic mass is 32.2. The fourth-order valence-electron chi connectivity index (χ4n) is 3.65. The summed E-state index contributed by atoms with van der Waals surface area (Å²) in [6, 6.07) is 6.17. The normalized spacial score (nSPS) is 23.6. The Morgan fingerprint density at radius 3 is 2.26 bits per heavy atom. The molecule has 1 atom stereocenters. The molecule has 1 aromatic carbocycles. The number of carbonyl (C=O) groups excluding carboxylic acids is 1. The first kappa shape index (κ1) is 20.3. The highest BCUT2D eigenvalue weighted by molar-refractivity contribution is 7.91. The van der Waals surface area contributed by atoms with Crippen LogP contribution in [0.1, 0.15) is 38.5 Å². The average Bonchev–Trinajstić information content (AvgIpc) is 2.80. The number of benzene rings is 1. The smallest absolute Gasteiger partial charge is 0.243 e. The molecule has 1 N–H and O–H groups in total. The molecular formula is C18H26N2O5S2. The number of carbonyl (C=O) groups is 1. The zero-order chi connectivity index (χ0) is 19.5. The van der Waals surface area contributed by atoms with E-state index >= 15 is 0 Å². The fraction of sp³-hybridized carbons (Fsp3) is 0.611. The minimum Gasteiger partial charge on any atom is -0.326 e. The quantitative estimate of drug-likeness (QED) is 0.794. The second kappa shape index (κ2) is 8.28. The maximum absolute atomic E-state index is 12.7. The topological polar surface area (TPSA) is 101 Å². The van der Waals surface area contributed by atoms with Crippen LogP contribution >= 0.6 is 0 Å². The van der Waals surface area contributed by atoms with Gasteiger partial charge in [0.2, 0.25) is 15.9 Å². The van der Waals surface area contributed by atoms with Crippen molar-refractivity contribution in [1.29, 1.82) is 0 Å². The Hall–Kier alpha value is -1.45. The van der Waals surface area contributed by atoms with E-state index in [1.54, 1.807) is 12.1 Å². The molecule has 0 aliphatic carbocycles. The Balaban J connectivity index is 1.60. The van der Waals surface area contributed by atoms with Crippen LogP contribution in [-0.2, 0) is 24.7 Å². The lowest BCUT2D eigenvalue weighted by Gasteiger charge is -2.20. The molecule has 2 heterocycles. The summed E-state index contributed by atoms with van der Waals surface area (Å²) in [5.41, 5.74) is 0.510. The van der Waals surface area contributed by atoms with E-state index in [1.165, 1.54) is 16.4 Å². The Labute approximate surface area is 161 Å². The molecule has 2 fully saturated rings. The van der Waals surface area contributed by atoms with Gasteiger partial charge in [0, 0.05) is 25.2 Å². The van der Waals surface area contributed by atoms with Crippen molar-refractivity contribution in [2.24, 2.45) is 5.92 Å². The molecule has 0 bridgehead atoms. The molecule has 0 unspecified atom stereocenters. The SMILES string of the molecule is O=C(C[C@@H]1CCS(=O)(=O)C1)Nc1ccc(S(=O)(=O)N2CCCCCC2)cc1. The van der Waals surface area contributed by atoms with Crippen molar-refractivity contribution in [3.63, 3.8) is 0 Å². The van der Waals surface area contributed by atoms with E-state index in [0.717, 1.165) is 25.7 Å². The average molecular weight is 415 g/mol. The van der Waals surface area contributed by atoms with Gasteiger partial charge in [-0.05, 0) is 49.4 Å². The van der Waals surface area contributed by atoms with Crippen molar-refractivity contribution in [3.05, 3.63) is 24.3 Å². The Morgan fingerprint density at radius 2 is 1.70 bits per heavy atom. The van der Waals surface area contributed by atoms with Gasteiger partial charge in [0.15, 0.2) is 9.84 Å². The number of anilines is 1. The third kappa shape index (κ3) is 5.30. The summed E-state index contributed by atoms with van der Waals surface area (Å²) in [5, 5.41) is 2.72. The van der Waals surface area contributed by atoms with Gasteiger partial charge in [-0.15, -0.1) is 0 Å². The highest BCUT2D eigenvalue weighted by Gasteiger charge is 2.29. The van der Waals surface area contributed by atoms with Crippen LogP contribution in [0.4, 0.5) is 5.69 Å². The number of amides is 1. The van der Waals surface area contributed by atoms with Crippen LogP contribution in [0.5, 0.6) is 0 Å². The molecule has 2 aliphatic rings. The van der Waals surface area contributed by atoms with Crippen LogP contribution in [0.15, 0.2) is 29.2 Å². The van der Waals surface area contributed by atoms with Crippen molar-refractivity contribution in [2.75, 3.05) is 29.9 Å². The molecule has 0 spiro atoms. The van der Waals surface area contributed by atoms with Crippen LogP contribution in [0, 0.1) is 5.92 Å². The van der Waals surface area contributed by atoms with E-state index < -0.39 is 19.9 Å². The van der Waals surface area contributed by atoms with Gasteiger partial charge in [-0.25, -0.2) is 16.8 Å². The first-order valence-corrected chi connectivity index (χ1v) is 12.6. The lowest BCUT2D eigenvalue weighted by Crippen LogP contribution is -2.31. The highest BCUT2D eigenvalue weighted by Crippen LogP contribution is 2.24. The molecule has 2 saturated heterocycles. The van der Waals surface area contributed by atoms with E-state index in [2.05, 4.69) is 5.32 Å². The second-order valence-electron chi connectivity index (χ2n) is 7.36. The molecule has 0 saturated carbocycles. The van der Waals surface area contributed by atoms with E-state index in [1.807, 2.05) is 0 Å². The first-order chi connectivity index (χ1) is 12.8. The summed E-state index contributed by atoms with van der Waals surface area (Å²) in [7, 11) is -6.51. The summed E-state index contributed by atoms with van der Waals surface area (Å²) < 4.78 is 50.0. The van der Waals surface area contributed by atoms with Crippen LogP contribution in [0.25, 0.3) is 0 Å². The first-order valence-electron chi connectivity index (χ1n) is 9.37. The van der Waals surface area contributed by atoms with Gasteiger partial charge in [-0.2, -0.15) is 4.31 Å². The number of nitrogens with zero attached hydrogens (tertiary/aromatic N) is 1. The molecule has 27 heavy (non-hydrogen) atoms. The zero-order valence-corrected chi connectivity index (χ0v) is 16.9. The molecule has 150 valence electrons. The van der Waals surface area contributed by atoms with Gasteiger partial charge >= 0.3 is 0 Å². The monoisotopic (exact) mass is 414 g/mol. The van der Waals surface area contributed by atoms with E-state index in [-0.39, 0.29) is 34.6 Å². The van der Waals surface area contributed by atoms with Gasteiger partial charge in [0.05, 0.1) is 16.4 Å². The summed E-state index contributed by atoms with van der Waals surface area (Å²) in [4.78, 5) is 12.3. The van der Waals surface area contributed by atoms with Crippen LogP contribution in [0.2, 0.25) is 0 Å². The van der Waals surface area contributed by atoms with Crippen LogP contribution in [0.3, 0.4) is 0 Å². The summed E-state index contributed by atoms with van der Waals surface area (Å²) >= 11 is 0. The second-order valence-corrected chi connectivity index (χ2v) is 11.5. The number of sulfone groups is 1. The third-order valence-corrected chi connectivity index (χ3v) is 8.89. The van der Waals surface area contributed by atoms with Crippen molar-refractivity contribution in [2.45, 2.75) is 43.4 Å². The van der Waals surface area contributed by atoms with Gasteiger partial charge in [-0.1, -0.05) is 12.8 Å². The van der Waals surface area contributed by atoms with Crippen molar-refractivity contribution in [1.82, 2.24) is 4.31 Å². The maximum Gasteiger partial charge on any atom is 0.243 e. The van der Waals surface area contributed by atoms with Crippen molar-refractivity contribution < 1.29 is 21.6 Å². The van der Waals surface area contributed by atoms with Gasteiger partial charge in [0.25, 0.3) is 0 Å². The largest absolute Gasteiger partial charge is 0.326 e. The lowest BCUT2D eigenvalue weighted by atomic mass is 10.1. The molecule has 3 rings (SSSR count). The predicted octanol–water partition coefficient (Wildman–Crippen LogP) is 2.01. The van der Waals surface area contributed by atoms with Crippen LogP contribution in [-0.4, -0.2) is 51.6 Å². The zero-order valence-electron chi connectivity index (χ0n) is 15.3. The molecule has 7 nitrogen and oxygen atoms in total. The minimum atomic E-state index is -3.51. The number of sulfonamides is 1. The predicted molar refractivity (Wildman–Crippen MR) is 104 cm³/mol. The number of hydrogen-bond acceptors (Lipinski definition) is 5. The van der Waals surface area contributed by atoms with E-state index in [0.29, 0.717) is 25.2 Å². The van der Waals surface area contributed by atoms with Gasteiger partial charge < -0.3 is 5.32 Å². The Morgan fingerprint density at radius 1 is 1.07 bits per heavy atom. The van der Waals surface area contributed by atoms with Crippen molar-refractivity contribution in [3.8, 4) is 0 Å². The molecule has 1 aromatic rings. The third-order valence-electron chi connectivity index (χ3n) is 5.14. The minimum absolute atomic E-state index is 0.0629. The van der Waals surface area contributed by atoms with Gasteiger partial charge in [0.1, 0.15) is 0 Å². The Kier molecular flexibility index (Phi) is 6.22. The fourth-order valence-corrected chi connectivity index (χ4v) is 7.03. The Bertz CT molecular complexity index is 871. The molecule has 1 amide bonds. The maximum atomic E-state index is 12.7. The molecule has 9 heteroatoms. The van der Waals surface area contributed by atoms with E-state index in [4.69, 9.17) is 0 Å². The summed E-state index contributed by atoms with van der Waals surface area (Å²) in [6.45, 7) is 1.09. The summed E-state index contributed by atoms with van der Waals surface area (Å²) in [5.74, 6) is -0.181. The number of rotatable bonds is 5. The molecule has 0 radical (unpaired) electrons. The molecular weight excluding hydrogens is 388 g/mol. The van der Waals surface area contributed by atoms with Crippen molar-refractivity contribution >= 4 is 31.5 Å². The number of nitrogens with one attached hydrogen (secondary N) is 1. The standard InChI is InChI=1S/C18H26N2O5S2/c21-18(13-15-9-12-26(22,23)14-15)19-16-5-7-17(8-6-16)27(24,25)20-10-3-1-2-4-11-20/h5-8,15H,1-4,9-14H2,(H,19,21)/t15-/m0/s1. The molecule has 0 aromatic heterocycles. The van der Waals surface area contributed by atoms with Crippen LogP contribution < -0.4 is 5.32 Å².